The van der Waals surface area contributed by atoms with E-state index in [0.717, 1.165) is 18.9 Å². The maximum atomic E-state index is 5.32. The number of nitrogens with one attached hydrogen (secondary N) is 2. The van der Waals surface area contributed by atoms with Crippen LogP contribution in [0.3, 0.4) is 0 Å². The van der Waals surface area contributed by atoms with Crippen molar-refractivity contribution in [2.45, 2.75) is 18.2 Å². The second-order valence-corrected chi connectivity index (χ2v) is 3.93. The van der Waals surface area contributed by atoms with Crippen molar-refractivity contribution >= 4 is 12.2 Å². The van der Waals surface area contributed by atoms with Gasteiger partial charge < -0.3 is 15.4 Å². The van der Waals surface area contributed by atoms with E-state index in [1.54, 1.807) is 0 Å². The van der Waals surface area contributed by atoms with Crippen LogP contribution in [0.4, 0.5) is 0 Å². The molecule has 5 heteroatoms. The Hall–Kier alpha value is -1.36. The summed E-state index contributed by atoms with van der Waals surface area (Å²) < 4.78 is 5.32. The Bertz CT molecular complexity index is 328. The third-order valence-corrected chi connectivity index (χ3v) is 2.92. The fraction of sp³-hybridized carbons (Fsp3) is 0.600. The van der Waals surface area contributed by atoms with E-state index < -0.39 is 0 Å². The van der Waals surface area contributed by atoms with Gasteiger partial charge in [0.05, 0.1) is 19.1 Å². The Morgan fingerprint density at radius 1 is 1.40 bits per heavy atom. The molecule has 2 N–H and O–H groups in total. The predicted molar refractivity (Wildman–Crippen MR) is 58.4 cm³/mol. The molecule has 0 saturated carbocycles. The Kier molecular flexibility index (Phi) is 2.17. The molecule has 0 fully saturated rings. The highest BCUT2D eigenvalue weighted by atomic mass is 16.5. The van der Waals surface area contributed by atoms with Gasteiger partial charge in [0.15, 0.2) is 12.5 Å². The van der Waals surface area contributed by atoms with Gasteiger partial charge in [-0.25, -0.2) is 0 Å². The molecule has 3 aliphatic heterocycles. The minimum atomic E-state index is 0.0142. The van der Waals surface area contributed by atoms with Crippen LogP contribution in [0, 0.1) is 0 Å². The number of amidine groups is 1. The second kappa shape index (κ2) is 3.66. The summed E-state index contributed by atoms with van der Waals surface area (Å²) in [5.74, 6) is 0.944. The lowest BCUT2D eigenvalue weighted by Gasteiger charge is -2.19. The molecule has 3 unspecified atom stereocenters. The average molecular weight is 206 g/mol. The van der Waals surface area contributed by atoms with Crippen molar-refractivity contribution in [2.75, 3.05) is 19.6 Å². The van der Waals surface area contributed by atoms with Crippen molar-refractivity contribution < 1.29 is 4.74 Å². The van der Waals surface area contributed by atoms with Crippen LogP contribution in [0.25, 0.3) is 0 Å². The number of hydrogen-bond donors (Lipinski definition) is 2. The van der Waals surface area contributed by atoms with Gasteiger partial charge in [-0.3, -0.25) is 9.98 Å². The lowest BCUT2D eigenvalue weighted by atomic mass is 10.1. The predicted octanol–water partition coefficient (Wildman–Crippen LogP) is -0.688. The summed E-state index contributed by atoms with van der Waals surface area (Å²) in [5.41, 5.74) is 0. The highest BCUT2D eigenvalue weighted by Gasteiger charge is 2.30. The minimum absolute atomic E-state index is 0.0142. The van der Waals surface area contributed by atoms with Crippen LogP contribution < -0.4 is 10.6 Å². The number of hydrogen-bond acceptors (Lipinski definition) is 5. The highest BCUT2D eigenvalue weighted by Crippen LogP contribution is 2.11. The summed E-state index contributed by atoms with van der Waals surface area (Å²) in [7, 11) is 0. The largest absolute Gasteiger partial charge is 0.470 e. The van der Waals surface area contributed by atoms with Crippen LogP contribution >= 0.6 is 0 Å². The summed E-state index contributed by atoms with van der Waals surface area (Å²) in [6.07, 6.45) is 5.87. The smallest absolute Gasteiger partial charge is 0.176 e. The molecule has 0 aromatic carbocycles. The fourth-order valence-electron chi connectivity index (χ4n) is 2.09. The molecule has 80 valence electrons. The maximum absolute atomic E-state index is 5.32. The van der Waals surface area contributed by atoms with Crippen molar-refractivity contribution in [1.29, 1.82) is 0 Å². The van der Waals surface area contributed by atoms with Crippen LogP contribution in [0.2, 0.25) is 0 Å². The van der Waals surface area contributed by atoms with E-state index in [-0.39, 0.29) is 6.10 Å². The lowest BCUT2D eigenvalue weighted by Crippen LogP contribution is -2.47. The molecule has 0 aliphatic carbocycles. The normalized spacial score (nSPS) is 37.9. The van der Waals surface area contributed by atoms with Gasteiger partial charge >= 0.3 is 0 Å². The van der Waals surface area contributed by atoms with Crippen LogP contribution in [0.1, 0.15) is 0 Å². The lowest BCUT2D eigenvalue weighted by molar-refractivity contribution is 0.299. The molecule has 3 aliphatic rings. The molecule has 0 radical (unpaired) electrons. The summed E-state index contributed by atoms with van der Waals surface area (Å²) in [6.45, 7) is 2.46. The van der Waals surface area contributed by atoms with E-state index >= 15 is 0 Å². The molecular formula is C10H14N4O. The van der Waals surface area contributed by atoms with E-state index in [1.165, 1.54) is 6.40 Å². The molecule has 3 atom stereocenters. The molecule has 0 spiro atoms. The molecule has 0 aromatic heterocycles. The first-order valence-electron chi connectivity index (χ1n) is 5.28. The number of rotatable bonds is 2. The first kappa shape index (κ1) is 8.91. The van der Waals surface area contributed by atoms with Gasteiger partial charge in [0.1, 0.15) is 5.84 Å². The van der Waals surface area contributed by atoms with Crippen molar-refractivity contribution in [1.82, 2.24) is 10.6 Å². The maximum Gasteiger partial charge on any atom is 0.176 e. The highest BCUT2D eigenvalue weighted by molar-refractivity contribution is 5.90. The summed E-state index contributed by atoms with van der Waals surface area (Å²) >= 11 is 0. The monoisotopic (exact) mass is 206 g/mol. The Labute approximate surface area is 88.3 Å². The zero-order chi connectivity index (χ0) is 10.1. The van der Waals surface area contributed by atoms with E-state index in [1.807, 2.05) is 0 Å². The fourth-order valence-corrected chi connectivity index (χ4v) is 2.09. The molecule has 5 nitrogen and oxygen atoms in total. The van der Waals surface area contributed by atoms with Crippen LogP contribution in [0.5, 0.6) is 0 Å². The van der Waals surface area contributed by atoms with Crippen LogP contribution in [-0.4, -0.2) is 50.1 Å². The molecule has 3 heterocycles. The zero-order valence-electron chi connectivity index (χ0n) is 8.39. The first-order chi connectivity index (χ1) is 7.43. The summed E-state index contributed by atoms with van der Waals surface area (Å²) in [5, 5.41) is 6.80. The van der Waals surface area contributed by atoms with Crippen molar-refractivity contribution in [3.63, 3.8) is 0 Å². The topological polar surface area (TPSA) is 58.0 Å². The zero-order valence-corrected chi connectivity index (χ0v) is 8.39. The van der Waals surface area contributed by atoms with E-state index in [0.29, 0.717) is 18.6 Å². The average Bonchev–Trinajstić information content (AvgIpc) is 3.02. The van der Waals surface area contributed by atoms with Gasteiger partial charge in [0.2, 0.25) is 0 Å². The van der Waals surface area contributed by atoms with Gasteiger partial charge in [-0.1, -0.05) is 12.2 Å². The van der Waals surface area contributed by atoms with Gasteiger partial charge in [-0.15, -0.1) is 0 Å². The number of ether oxygens (including phenoxy) is 1. The van der Waals surface area contributed by atoms with Crippen molar-refractivity contribution in [3.05, 3.63) is 12.2 Å². The van der Waals surface area contributed by atoms with Gasteiger partial charge in [-0.2, -0.15) is 0 Å². The molecule has 0 bridgehead atoms. The minimum Gasteiger partial charge on any atom is -0.470 e. The van der Waals surface area contributed by atoms with E-state index in [2.05, 4.69) is 32.8 Å². The Balaban J connectivity index is 1.59. The van der Waals surface area contributed by atoms with Crippen molar-refractivity contribution in [3.8, 4) is 0 Å². The number of aliphatic imine (C=N–C) groups is 2. The second-order valence-electron chi connectivity index (χ2n) is 3.93. The van der Waals surface area contributed by atoms with Crippen LogP contribution in [-0.2, 0) is 4.74 Å². The van der Waals surface area contributed by atoms with Gasteiger partial charge in [0.25, 0.3) is 0 Å². The molecule has 15 heavy (non-hydrogen) atoms. The SMILES string of the molecule is C1=CC(C2CN=C(C3CN=CO3)N2)NC1. The third-order valence-electron chi connectivity index (χ3n) is 2.92. The Morgan fingerprint density at radius 3 is 3.13 bits per heavy atom. The van der Waals surface area contributed by atoms with Gasteiger partial charge in [0, 0.05) is 12.6 Å². The molecule has 3 rings (SSSR count). The number of nitrogens with zero attached hydrogens (tertiary/aromatic N) is 2. The molecule has 0 amide bonds. The van der Waals surface area contributed by atoms with Crippen LogP contribution in [0.15, 0.2) is 22.1 Å². The summed E-state index contributed by atoms with van der Waals surface area (Å²) in [4.78, 5) is 8.50. The third kappa shape index (κ3) is 1.63. The molecule has 0 aromatic rings. The first-order valence-corrected chi connectivity index (χ1v) is 5.28. The van der Waals surface area contributed by atoms with E-state index in [9.17, 15) is 0 Å². The molecular weight excluding hydrogens is 192 g/mol. The quantitative estimate of drug-likeness (QED) is 0.588. The summed E-state index contributed by atoms with van der Waals surface area (Å²) in [6, 6.07) is 0.761. The van der Waals surface area contributed by atoms with E-state index in [4.69, 9.17) is 4.74 Å². The standard InChI is InChI=1S/C10H14N4O/c1-2-7(12-3-1)8-4-13-10(14-8)9-5-11-6-15-9/h1-2,6-9,12H,3-5H2,(H,13,14). The van der Waals surface area contributed by atoms with Crippen molar-refractivity contribution in [2.24, 2.45) is 9.98 Å². The van der Waals surface area contributed by atoms with Gasteiger partial charge in [-0.05, 0) is 0 Å². The Morgan fingerprint density at radius 2 is 2.40 bits per heavy atom. The molecule has 0 saturated heterocycles.